The highest BCUT2D eigenvalue weighted by molar-refractivity contribution is 6.29. The molecule has 2 nitrogen and oxygen atoms in total. The van der Waals surface area contributed by atoms with Gasteiger partial charge >= 0.3 is 6.18 Å². The number of nitrogens with zero attached hydrogens (tertiary/aromatic N) is 1. The molecule has 0 bridgehead atoms. The van der Waals surface area contributed by atoms with Gasteiger partial charge in [-0.1, -0.05) is 11.6 Å². The Morgan fingerprint density at radius 2 is 1.75 bits per heavy atom. The Morgan fingerprint density at radius 3 is 2.35 bits per heavy atom. The number of benzene rings is 1. The molecular weight excluding hydrogens is 303 g/mol. The molecule has 20 heavy (non-hydrogen) atoms. The number of hydrogen-bond acceptors (Lipinski definition) is 2. The fourth-order valence-corrected chi connectivity index (χ4v) is 1.66. The van der Waals surface area contributed by atoms with Crippen molar-refractivity contribution in [1.29, 1.82) is 0 Å². The molecule has 1 N–H and O–H groups in total. The average molecular weight is 309 g/mol. The standard InChI is InChI=1S/C12H6ClF5N2/c13-10-3-6(12(16,17)18)4-11(20-10)19-9-2-1-7(14)5-8(9)15/h1-5H,(H,19,20). The van der Waals surface area contributed by atoms with Crippen molar-refractivity contribution < 1.29 is 22.0 Å². The van der Waals surface area contributed by atoms with E-state index in [-0.39, 0.29) is 11.5 Å². The molecule has 0 amide bonds. The molecule has 8 heteroatoms. The lowest BCUT2D eigenvalue weighted by molar-refractivity contribution is -0.137. The first-order valence-electron chi connectivity index (χ1n) is 5.22. The van der Waals surface area contributed by atoms with E-state index in [9.17, 15) is 22.0 Å². The summed E-state index contributed by atoms with van der Waals surface area (Å²) in [7, 11) is 0. The number of anilines is 2. The van der Waals surface area contributed by atoms with Gasteiger partial charge in [-0.2, -0.15) is 13.2 Å². The normalized spacial score (nSPS) is 11.5. The molecule has 0 spiro atoms. The Labute approximate surface area is 115 Å². The van der Waals surface area contributed by atoms with Gasteiger partial charge in [-0.05, 0) is 24.3 Å². The fraction of sp³-hybridized carbons (Fsp3) is 0.0833. The number of pyridine rings is 1. The van der Waals surface area contributed by atoms with E-state index in [0.29, 0.717) is 18.2 Å². The summed E-state index contributed by atoms with van der Waals surface area (Å²) in [4.78, 5) is 3.60. The van der Waals surface area contributed by atoms with E-state index in [1.54, 1.807) is 0 Å². The predicted octanol–water partition coefficient (Wildman–Crippen LogP) is 4.78. The van der Waals surface area contributed by atoms with Crippen LogP contribution in [0, 0.1) is 11.6 Å². The molecule has 0 unspecified atom stereocenters. The van der Waals surface area contributed by atoms with E-state index in [1.807, 2.05) is 0 Å². The molecule has 1 aromatic carbocycles. The van der Waals surface area contributed by atoms with E-state index < -0.39 is 28.5 Å². The monoisotopic (exact) mass is 308 g/mol. The average Bonchev–Trinajstić information content (AvgIpc) is 2.31. The third-order valence-corrected chi connectivity index (χ3v) is 2.51. The fourth-order valence-electron chi connectivity index (χ4n) is 1.45. The van der Waals surface area contributed by atoms with Crippen LogP contribution in [0.3, 0.4) is 0 Å². The second kappa shape index (κ2) is 5.24. The zero-order valence-electron chi connectivity index (χ0n) is 9.60. The molecule has 1 aromatic heterocycles. The maximum absolute atomic E-state index is 13.4. The third-order valence-electron chi connectivity index (χ3n) is 2.32. The topological polar surface area (TPSA) is 24.9 Å². The molecule has 0 aliphatic carbocycles. The number of hydrogen-bond donors (Lipinski definition) is 1. The molecule has 106 valence electrons. The smallest absolute Gasteiger partial charge is 0.338 e. The summed E-state index contributed by atoms with van der Waals surface area (Å²) < 4.78 is 63.8. The van der Waals surface area contributed by atoms with Crippen molar-refractivity contribution >= 4 is 23.1 Å². The maximum atomic E-state index is 13.4. The molecule has 2 rings (SSSR count). The highest BCUT2D eigenvalue weighted by Gasteiger charge is 2.31. The minimum atomic E-state index is -4.61. The summed E-state index contributed by atoms with van der Waals surface area (Å²) in [6.07, 6.45) is -4.61. The molecule has 0 radical (unpaired) electrons. The van der Waals surface area contributed by atoms with Crippen LogP contribution in [0.25, 0.3) is 0 Å². The first-order chi connectivity index (χ1) is 9.25. The van der Waals surface area contributed by atoms with Crippen LogP contribution in [-0.4, -0.2) is 4.98 Å². The van der Waals surface area contributed by atoms with Crippen molar-refractivity contribution in [3.8, 4) is 0 Å². The summed E-state index contributed by atoms with van der Waals surface area (Å²) in [6, 6.07) is 3.92. The van der Waals surface area contributed by atoms with Crippen LogP contribution in [0.1, 0.15) is 5.56 Å². The molecule has 0 fully saturated rings. The number of rotatable bonds is 2. The quantitative estimate of drug-likeness (QED) is 0.638. The molecule has 0 saturated carbocycles. The molecule has 0 aliphatic heterocycles. The van der Waals surface area contributed by atoms with Gasteiger partial charge in [0.15, 0.2) is 0 Å². The van der Waals surface area contributed by atoms with Crippen molar-refractivity contribution in [2.45, 2.75) is 6.18 Å². The van der Waals surface area contributed by atoms with Gasteiger partial charge in [-0.25, -0.2) is 13.8 Å². The van der Waals surface area contributed by atoms with Crippen molar-refractivity contribution in [1.82, 2.24) is 4.98 Å². The predicted molar refractivity (Wildman–Crippen MR) is 63.9 cm³/mol. The van der Waals surface area contributed by atoms with Gasteiger partial charge in [0.25, 0.3) is 0 Å². The maximum Gasteiger partial charge on any atom is 0.416 e. The number of alkyl halides is 3. The molecule has 2 aromatic rings. The van der Waals surface area contributed by atoms with E-state index in [0.717, 1.165) is 12.1 Å². The highest BCUT2D eigenvalue weighted by Crippen LogP contribution is 2.32. The Balaban J connectivity index is 2.36. The second-order valence-electron chi connectivity index (χ2n) is 3.81. The van der Waals surface area contributed by atoms with Gasteiger partial charge < -0.3 is 5.32 Å². The Bertz CT molecular complexity index is 642. The zero-order valence-corrected chi connectivity index (χ0v) is 10.4. The lowest BCUT2D eigenvalue weighted by Crippen LogP contribution is -2.07. The highest BCUT2D eigenvalue weighted by atomic mass is 35.5. The molecular formula is C12H6ClF5N2. The zero-order chi connectivity index (χ0) is 14.9. The van der Waals surface area contributed by atoms with Gasteiger partial charge in [0.2, 0.25) is 0 Å². The van der Waals surface area contributed by atoms with Crippen LogP contribution in [0.2, 0.25) is 5.15 Å². The SMILES string of the molecule is Fc1ccc(Nc2cc(C(F)(F)F)cc(Cl)n2)c(F)c1. The van der Waals surface area contributed by atoms with Crippen molar-refractivity contribution in [2.24, 2.45) is 0 Å². The van der Waals surface area contributed by atoms with Crippen LogP contribution < -0.4 is 5.32 Å². The second-order valence-corrected chi connectivity index (χ2v) is 4.20. The number of halogens is 6. The molecule has 0 aliphatic rings. The minimum absolute atomic E-state index is 0.214. The summed E-state index contributed by atoms with van der Waals surface area (Å²) in [5.74, 6) is -2.06. The van der Waals surface area contributed by atoms with E-state index >= 15 is 0 Å². The summed E-state index contributed by atoms with van der Waals surface area (Å²) >= 11 is 5.48. The third kappa shape index (κ3) is 3.36. The summed E-state index contributed by atoms with van der Waals surface area (Å²) in [6.45, 7) is 0. The van der Waals surface area contributed by atoms with Crippen LogP contribution in [0.15, 0.2) is 30.3 Å². The van der Waals surface area contributed by atoms with Crippen LogP contribution in [0.5, 0.6) is 0 Å². The first kappa shape index (κ1) is 14.5. The van der Waals surface area contributed by atoms with Gasteiger partial charge in [0.1, 0.15) is 22.6 Å². The minimum Gasteiger partial charge on any atom is -0.338 e. The largest absolute Gasteiger partial charge is 0.416 e. The first-order valence-corrected chi connectivity index (χ1v) is 5.60. The molecule has 0 atom stereocenters. The van der Waals surface area contributed by atoms with E-state index in [2.05, 4.69) is 10.3 Å². The molecule has 0 saturated heterocycles. The molecule has 1 heterocycles. The van der Waals surface area contributed by atoms with Gasteiger partial charge in [-0.15, -0.1) is 0 Å². The van der Waals surface area contributed by atoms with Crippen LogP contribution >= 0.6 is 11.6 Å². The lowest BCUT2D eigenvalue weighted by Gasteiger charge is -2.11. The number of aromatic nitrogens is 1. The Hall–Kier alpha value is -1.89. The van der Waals surface area contributed by atoms with Crippen molar-refractivity contribution in [3.63, 3.8) is 0 Å². The van der Waals surface area contributed by atoms with E-state index in [1.165, 1.54) is 0 Å². The van der Waals surface area contributed by atoms with Gasteiger partial charge in [0, 0.05) is 6.07 Å². The van der Waals surface area contributed by atoms with Crippen LogP contribution in [-0.2, 0) is 6.18 Å². The van der Waals surface area contributed by atoms with Crippen LogP contribution in [0.4, 0.5) is 33.5 Å². The van der Waals surface area contributed by atoms with E-state index in [4.69, 9.17) is 11.6 Å². The lowest BCUT2D eigenvalue weighted by atomic mass is 10.2. The van der Waals surface area contributed by atoms with Gasteiger partial charge in [0.05, 0.1) is 11.3 Å². The van der Waals surface area contributed by atoms with Crippen molar-refractivity contribution in [3.05, 3.63) is 52.7 Å². The summed E-state index contributed by atoms with van der Waals surface area (Å²) in [5, 5.41) is 1.92. The van der Waals surface area contributed by atoms with Gasteiger partial charge in [-0.3, -0.25) is 0 Å². The number of nitrogens with one attached hydrogen (secondary N) is 1. The Kier molecular flexibility index (Phi) is 3.80. The summed E-state index contributed by atoms with van der Waals surface area (Å²) in [5.41, 5.74) is -1.24. The van der Waals surface area contributed by atoms with Crippen molar-refractivity contribution in [2.75, 3.05) is 5.32 Å². The Morgan fingerprint density at radius 1 is 1.05 bits per heavy atom.